The highest BCUT2D eigenvalue weighted by atomic mass is 19.1. The largest absolute Gasteiger partial charge is 0.482 e. The molecule has 0 saturated carbocycles. The third-order valence-corrected chi connectivity index (χ3v) is 4.72. The number of hydrogen-bond donors (Lipinski definition) is 1. The first-order chi connectivity index (χ1) is 14.5. The van der Waals surface area contributed by atoms with E-state index in [1.807, 2.05) is 0 Å². The first-order valence-corrected chi connectivity index (χ1v) is 9.34. The first-order valence-electron chi connectivity index (χ1n) is 9.34. The van der Waals surface area contributed by atoms with Crippen molar-refractivity contribution in [3.63, 3.8) is 0 Å². The molecule has 152 valence electrons. The van der Waals surface area contributed by atoms with Crippen molar-refractivity contribution in [1.82, 2.24) is 0 Å². The van der Waals surface area contributed by atoms with Gasteiger partial charge < -0.3 is 15.0 Å². The number of carbonyl (C=O) groups excluding carboxylic acids is 2. The van der Waals surface area contributed by atoms with Gasteiger partial charge in [-0.15, -0.1) is 0 Å². The van der Waals surface area contributed by atoms with Crippen LogP contribution in [0, 0.1) is 11.6 Å². The molecular weight excluding hydrogens is 390 g/mol. The highest BCUT2D eigenvalue weighted by Crippen LogP contribution is 2.35. The van der Waals surface area contributed by atoms with E-state index in [0.29, 0.717) is 22.7 Å². The average molecular weight is 408 g/mol. The van der Waals surface area contributed by atoms with E-state index >= 15 is 0 Å². The fourth-order valence-corrected chi connectivity index (χ4v) is 3.22. The Bertz CT molecular complexity index is 1080. The molecule has 3 aromatic rings. The van der Waals surface area contributed by atoms with Crippen molar-refractivity contribution in [2.75, 3.05) is 16.8 Å². The van der Waals surface area contributed by atoms with E-state index < -0.39 is 0 Å². The molecule has 1 aliphatic rings. The molecule has 0 aliphatic carbocycles. The zero-order valence-corrected chi connectivity index (χ0v) is 15.9. The number of fused-ring (bicyclic) bond motifs is 1. The number of hydrogen-bond acceptors (Lipinski definition) is 3. The van der Waals surface area contributed by atoms with E-state index in [9.17, 15) is 18.4 Å². The monoisotopic (exact) mass is 408 g/mol. The Balaban J connectivity index is 1.52. The molecule has 0 fully saturated rings. The number of nitrogens with one attached hydrogen (secondary N) is 1. The first kappa shape index (κ1) is 19.6. The second kappa shape index (κ2) is 8.32. The highest BCUT2D eigenvalue weighted by Gasteiger charge is 2.26. The quantitative estimate of drug-likeness (QED) is 0.692. The molecule has 5 nitrogen and oxygen atoms in total. The van der Waals surface area contributed by atoms with Gasteiger partial charge >= 0.3 is 0 Å². The SMILES string of the molecule is O=C(Cc1ccc(F)cc1)Nc1ccc2c(c1)N(Cc1ccc(F)cc1)C(=O)CO2. The minimum atomic E-state index is -0.361. The maximum absolute atomic E-state index is 13.2. The van der Waals surface area contributed by atoms with E-state index in [-0.39, 0.29) is 43.0 Å². The zero-order valence-electron chi connectivity index (χ0n) is 15.9. The molecule has 0 saturated heterocycles. The predicted molar refractivity (Wildman–Crippen MR) is 108 cm³/mol. The van der Waals surface area contributed by atoms with Gasteiger partial charge in [0.1, 0.15) is 17.4 Å². The molecule has 3 aromatic carbocycles. The Morgan fingerprint density at radius 3 is 2.23 bits per heavy atom. The van der Waals surface area contributed by atoms with Crippen LogP contribution >= 0.6 is 0 Å². The lowest BCUT2D eigenvalue weighted by atomic mass is 10.1. The summed E-state index contributed by atoms with van der Waals surface area (Å²) in [6.45, 7) is 0.160. The van der Waals surface area contributed by atoms with Crippen molar-refractivity contribution >= 4 is 23.2 Å². The van der Waals surface area contributed by atoms with Crippen LogP contribution in [0.15, 0.2) is 66.7 Å². The summed E-state index contributed by atoms with van der Waals surface area (Å²) in [5.74, 6) is -0.692. The summed E-state index contributed by atoms with van der Waals surface area (Å²) < 4.78 is 31.7. The minimum Gasteiger partial charge on any atom is -0.482 e. The van der Waals surface area contributed by atoms with Gasteiger partial charge in [-0.05, 0) is 53.6 Å². The second-order valence-electron chi connectivity index (χ2n) is 6.93. The summed E-state index contributed by atoms with van der Waals surface area (Å²) in [6.07, 6.45) is 0.0894. The summed E-state index contributed by atoms with van der Waals surface area (Å²) in [7, 11) is 0. The summed E-state index contributed by atoms with van der Waals surface area (Å²) in [5.41, 5.74) is 2.48. The number of ether oxygens (including phenoxy) is 1. The molecule has 7 heteroatoms. The fraction of sp³-hybridized carbons (Fsp3) is 0.130. The minimum absolute atomic E-state index is 0.0894. The summed E-state index contributed by atoms with van der Waals surface area (Å²) >= 11 is 0. The molecule has 0 aromatic heterocycles. The van der Waals surface area contributed by atoms with Crippen molar-refractivity contribution in [2.45, 2.75) is 13.0 Å². The van der Waals surface area contributed by atoms with Gasteiger partial charge in [0.05, 0.1) is 18.7 Å². The Morgan fingerprint density at radius 1 is 0.933 bits per heavy atom. The number of rotatable bonds is 5. The van der Waals surface area contributed by atoms with Crippen LogP contribution in [-0.2, 0) is 22.6 Å². The topological polar surface area (TPSA) is 58.6 Å². The maximum Gasteiger partial charge on any atom is 0.265 e. The van der Waals surface area contributed by atoms with Crippen molar-refractivity contribution in [2.24, 2.45) is 0 Å². The van der Waals surface area contributed by atoms with Crippen LogP contribution in [-0.4, -0.2) is 18.4 Å². The molecule has 0 atom stereocenters. The number of anilines is 2. The number of nitrogens with zero attached hydrogens (tertiary/aromatic N) is 1. The zero-order chi connectivity index (χ0) is 21.1. The lowest BCUT2D eigenvalue weighted by Crippen LogP contribution is -2.38. The van der Waals surface area contributed by atoms with Gasteiger partial charge in [-0.1, -0.05) is 24.3 Å². The molecular formula is C23H18F2N2O3. The molecule has 1 heterocycles. The number of halogens is 2. The smallest absolute Gasteiger partial charge is 0.265 e. The molecule has 0 bridgehead atoms. The highest BCUT2D eigenvalue weighted by molar-refractivity contribution is 5.99. The Morgan fingerprint density at radius 2 is 1.57 bits per heavy atom. The van der Waals surface area contributed by atoms with Crippen molar-refractivity contribution in [3.05, 3.63) is 89.5 Å². The van der Waals surface area contributed by atoms with E-state index in [1.165, 1.54) is 24.3 Å². The molecule has 0 radical (unpaired) electrons. The predicted octanol–water partition coefficient (Wildman–Crippen LogP) is 4.07. The molecule has 1 aliphatic heterocycles. The van der Waals surface area contributed by atoms with E-state index in [1.54, 1.807) is 47.4 Å². The van der Waals surface area contributed by atoms with Gasteiger partial charge in [-0.2, -0.15) is 0 Å². The standard InChI is InChI=1S/C23H18F2N2O3/c24-17-5-1-15(2-6-17)11-22(28)26-19-9-10-21-20(12-19)27(23(29)14-30-21)13-16-3-7-18(25)8-4-16/h1-10,12H,11,13-14H2,(H,26,28). The molecule has 0 unspecified atom stereocenters. The lowest BCUT2D eigenvalue weighted by molar-refractivity contribution is -0.121. The number of amides is 2. The lowest BCUT2D eigenvalue weighted by Gasteiger charge is -2.30. The Labute approximate surface area is 171 Å². The molecule has 4 rings (SSSR count). The van der Waals surface area contributed by atoms with Gasteiger partial charge in [0.15, 0.2) is 6.61 Å². The van der Waals surface area contributed by atoms with Gasteiger partial charge in [0, 0.05) is 5.69 Å². The maximum atomic E-state index is 13.2. The van der Waals surface area contributed by atoms with Crippen molar-refractivity contribution in [3.8, 4) is 5.75 Å². The van der Waals surface area contributed by atoms with Gasteiger partial charge in [0.2, 0.25) is 5.91 Å². The van der Waals surface area contributed by atoms with Crippen molar-refractivity contribution in [1.29, 1.82) is 0 Å². The summed E-state index contributed by atoms with van der Waals surface area (Å²) in [5, 5.41) is 2.79. The number of carbonyl (C=O) groups is 2. The van der Waals surface area contributed by atoms with Crippen LogP contribution in [0.5, 0.6) is 5.75 Å². The van der Waals surface area contributed by atoms with Crippen LogP contribution in [0.2, 0.25) is 0 Å². The second-order valence-corrected chi connectivity index (χ2v) is 6.93. The molecule has 1 N–H and O–H groups in total. The third kappa shape index (κ3) is 4.46. The molecule has 2 amide bonds. The van der Waals surface area contributed by atoms with Crippen LogP contribution in [0.3, 0.4) is 0 Å². The fourth-order valence-electron chi connectivity index (χ4n) is 3.22. The van der Waals surface area contributed by atoms with Crippen molar-refractivity contribution < 1.29 is 23.1 Å². The van der Waals surface area contributed by atoms with Crippen LogP contribution in [0.4, 0.5) is 20.2 Å². The van der Waals surface area contributed by atoms with Gasteiger partial charge in [0.25, 0.3) is 5.91 Å². The molecule has 30 heavy (non-hydrogen) atoms. The van der Waals surface area contributed by atoms with Crippen LogP contribution < -0.4 is 15.0 Å². The average Bonchev–Trinajstić information content (AvgIpc) is 2.73. The van der Waals surface area contributed by atoms with E-state index in [0.717, 1.165) is 5.56 Å². The normalized spacial score (nSPS) is 12.9. The molecule has 0 spiro atoms. The van der Waals surface area contributed by atoms with E-state index in [2.05, 4.69) is 5.32 Å². The van der Waals surface area contributed by atoms with Crippen LogP contribution in [0.1, 0.15) is 11.1 Å². The van der Waals surface area contributed by atoms with Gasteiger partial charge in [-0.3, -0.25) is 9.59 Å². The Kier molecular flexibility index (Phi) is 5.43. The van der Waals surface area contributed by atoms with Gasteiger partial charge in [-0.25, -0.2) is 8.78 Å². The summed E-state index contributed by atoms with van der Waals surface area (Å²) in [4.78, 5) is 26.3. The summed E-state index contributed by atoms with van der Waals surface area (Å²) in [6, 6.07) is 16.7. The third-order valence-electron chi connectivity index (χ3n) is 4.72. The Hall–Kier alpha value is -3.74. The van der Waals surface area contributed by atoms with E-state index in [4.69, 9.17) is 4.74 Å². The van der Waals surface area contributed by atoms with Crippen LogP contribution in [0.25, 0.3) is 0 Å². The number of benzene rings is 3.